The van der Waals surface area contributed by atoms with Crippen LogP contribution in [0.25, 0.3) is 0 Å². The van der Waals surface area contributed by atoms with Gasteiger partial charge in [0.05, 0.1) is 0 Å². The van der Waals surface area contributed by atoms with Crippen LogP contribution in [0.15, 0.2) is 6.20 Å². The van der Waals surface area contributed by atoms with Crippen LogP contribution in [-0.2, 0) is 17.6 Å². The molecule has 2 atom stereocenters. The Kier molecular flexibility index (Phi) is 6.12. The van der Waals surface area contributed by atoms with Crippen LogP contribution in [0.3, 0.4) is 0 Å². The van der Waals surface area contributed by atoms with Gasteiger partial charge in [-0.25, -0.2) is 9.97 Å². The minimum absolute atomic E-state index is 0.00858. The molecule has 21 heavy (non-hydrogen) atoms. The molecule has 1 aliphatic rings. The van der Waals surface area contributed by atoms with Crippen LogP contribution >= 0.6 is 0 Å². The van der Waals surface area contributed by atoms with Crippen LogP contribution in [0.1, 0.15) is 57.3 Å². The van der Waals surface area contributed by atoms with E-state index in [1.807, 2.05) is 20.0 Å². The molecule has 0 saturated carbocycles. The highest BCUT2D eigenvalue weighted by atomic mass is 16.5. The molecule has 118 valence electrons. The van der Waals surface area contributed by atoms with Crippen LogP contribution in [0.5, 0.6) is 0 Å². The molecule has 0 aromatic carbocycles. The molecule has 1 aliphatic carbocycles. The van der Waals surface area contributed by atoms with Gasteiger partial charge in [-0.1, -0.05) is 13.8 Å². The van der Waals surface area contributed by atoms with Crippen LogP contribution < -0.4 is 5.32 Å². The van der Waals surface area contributed by atoms with Gasteiger partial charge in [-0.3, -0.25) is 0 Å². The Morgan fingerprint density at radius 2 is 2.19 bits per heavy atom. The van der Waals surface area contributed by atoms with Crippen molar-refractivity contribution < 1.29 is 4.74 Å². The summed E-state index contributed by atoms with van der Waals surface area (Å²) < 4.78 is 5.58. The normalized spacial score (nSPS) is 19.6. The molecular weight excluding hydrogens is 262 g/mol. The van der Waals surface area contributed by atoms with Gasteiger partial charge in [-0.05, 0) is 63.6 Å². The number of aryl methyl sites for hydroxylation is 1. The number of rotatable bonds is 7. The lowest BCUT2D eigenvalue weighted by Gasteiger charge is -2.25. The largest absolute Gasteiger partial charge is 0.371 e. The first-order valence-electron chi connectivity index (χ1n) is 8.27. The molecule has 0 fully saturated rings. The molecule has 0 aliphatic heterocycles. The first-order valence-corrected chi connectivity index (χ1v) is 8.27. The summed E-state index contributed by atoms with van der Waals surface area (Å²) in [4.78, 5) is 9.22. The molecule has 1 aromatic rings. The van der Waals surface area contributed by atoms with Crippen LogP contribution in [0.2, 0.25) is 0 Å². The van der Waals surface area contributed by atoms with Crippen LogP contribution in [-0.4, -0.2) is 29.7 Å². The van der Waals surface area contributed by atoms with E-state index in [0.29, 0.717) is 12.5 Å². The van der Waals surface area contributed by atoms with Crippen molar-refractivity contribution >= 4 is 0 Å². The molecule has 2 unspecified atom stereocenters. The Morgan fingerprint density at radius 3 is 2.90 bits per heavy atom. The number of nitrogens with zero attached hydrogens (tertiary/aromatic N) is 2. The average molecular weight is 291 g/mol. The van der Waals surface area contributed by atoms with Crippen molar-refractivity contribution in [1.29, 1.82) is 0 Å². The zero-order chi connectivity index (χ0) is 15.2. The Hall–Kier alpha value is -1.00. The maximum Gasteiger partial charge on any atom is 0.157 e. The minimum Gasteiger partial charge on any atom is -0.371 e. The molecule has 4 nitrogen and oxygen atoms in total. The monoisotopic (exact) mass is 291 g/mol. The van der Waals surface area contributed by atoms with Gasteiger partial charge in [0.2, 0.25) is 0 Å². The molecule has 0 amide bonds. The fourth-order valence-electron chi connectivity index (χ4n) is 2.87. The predicted octanol–water partition coefficient (Wildman–Crippen LogP) is 2.92. The van der Waals surface area contributed by atoms with E-state index in [2.05, 4.69) is 24.1 Å². The lowest BCUT2D eigenvalue weighted by Crippen LogP contribution is -2.30. The molecular formula is C17H29N3O. The molecule has 1 N–H and O–H groups in total. The lowest BCUT2D eigenvalue weighted by molar-refractivity contribution is 0.0697. The minimum atomic E-state index is -0.00858. The van der Waals surface area contributed by atoms with Crippen molar-refractivity contribution in [2.75, 3.05) is 19.7 Å². The molecule has 0 saturated heterocycles. The summed E-state index contributed by atoms with van der Waals surface area (Å²) in [5, 5.41) is 3.57. The molecule has 0 radical (unpaired) electrons. The zero-order valence-electron chi connectivity index (χ0n) is 13.9. The third-order valence-corrected chi connectivity index (χ3v) is 4.04. The van der Waals surface area contributed by atoms with Crippen LogP contribution in [0, 0.1) is 11.8 Å². The number of fused-ring (bicyclic) bond motifs is 1. The average Bonchev–Trinajstić information content (AvgIpc) is 2.46. The summed E-state index contributed by atoms with van der Waals surface area (Å²) >= 11 is 0. The Bertz CT molecular complexity index is 448. The van der Waals surface area contributed by atoms with E-state index in [1.54, 1.807) is 0 Å². The highest BCUT2D eigenvalue weighted by Crippen LogP contribution is 2.25. The van der Waals surface area contributed by atoms with E-state index < -0.39 is 0 Å². The molecule has 2 rings (SSSR count). The molecule has 1 heterocycles. The Balaban J connectivity index is 1.93. The first-order chi connectivity index (χ1) is 10.1. The van der Waals surface area contributed by atoms with Crippen molar-refractivity contribution in [3.05, 3.63) is 23.3 Å². The fourth-order valence-corrected chi connectivity index (χ4v) is 2.87. The molecule has 1 aromatic heterocycles. The summed E-state index contributed by atoms with van der Waals surface area (Å²) in [7, 11) is 0. The number of nitrogens with one attached hydrogen (secondary N) is 1. The maximum atomic E-state index is 5.58. The standard InChI is InChI=1S/C17H29N3O/c1-5-21-13(4)17-19-11-15-8-14(6-7-16(15)20-17)10-18-9-12(2)3/h11-14,18H,5-10H2,1-4H3. The van der Waals surface area contributed by atoms with E-state index in [9.17, 15) is 0 Å². The molecule has 0 spiro atoms. The highest BCUT2D eigenvalue weighted by Gasteiger charge is 2.21. The van der Waals surface area contributed by atoms with E-state index in [4.69, 9.17) is 9.72 Å². The van der Waals surface area contributed by atoms with Gasteiger partial charge in [0, 0.05) is 18.5 Å². The number of aromatic nitrogens is 2. The van der Waals surface area contributed by atoms with Gasteiger partial charge in [0.15, 0.2) is 5.82 Å². The Morgan fingerprint density at radius 1 is 1.38 bits per heavy atom. The van der Waals surface area contributed by atoms with E-state index in [1.165, 1.54) is 17.7 Å². The topological polar surface area (TPSA) is 47.0 Å². The third-order valence-electron chi connectivity index (χ3n) is 4.04. The SMILES string of the molecule is CCOC(C)c1ncc2c(n1)CCC(CNCC(C)C)C2. The van der Waals surface area contributed by atoms with E-state index in [0.717, 1.165) is 37.7 Å². The van der Waals surface area contributed by atoms with Crippen LogP contribution in [0.4, 0.5) is 0 Å². The quantitative estimate of drug-likeness (QED) is 0.839. The smallest absolute Gasteiger partial charge is 0.157 e. The molecule has 0 bridgehead atoms. The highest BCUT2D eigenvalue weighted by molar-refractivity contribution is 5.22. The fraction of sp³-hybridized carbons (Fsp3) is 0.765. The van der Waals surface area contributed by atoms with Gasteiger partial charge in [0.1, 0.15) is 6.10 Å². The summed E-state index contributed by atoms with van der Waals surface area (Å²) in [6.45, 7) is 11.4. The van der Waals surface area contributed by atoms with Crippen molar-refractivity contribution in [2.45, 2.75) is 53.1 Å². The number of ether oxygens (including phenoxy) is 1. The second-order valence-corrected chi connectivity index (χ2v) is 6.46. The van der Waals surface area contributed by atoms with E-state index in [-0.39, 0.29) is 6.10 Å². The summed E-state index contributed by atoms with van der Waals surface area (Å²) in [6, 6.07) is 0. The van der Waals surface area contributed by atoms with Gasteiger partial charge >= 0.3 is 0 Å². The van der Waals surface area contributed by atoms with Crippen molar-refractivity contribution in [3.63, 3.8) is 0 Å². The van der Waals surface area contributed by atoms with Gasteiger partial charge in [-0.15, -0.1) is 0 Å². The third kappa shape index (κ3) is 4.75. The predicted molar refractivity (Wildman–Crippen MR) is 85.3 cm³/mol. The van der Waals surface area contributed by atoms with Gasteiger partial charge in [-0.2, -0.15) is 0 Å². The number of hydrogen-bond acceptors (Lipinski definition) is 4. The van der Waals surface area contributed by atoms with Gasteiger partial charge in [0.25, 0.3) is 0 Å². The van der Waals surface area contributed by atoms with E-state index >= 15 is 0 Å². The summed E-state index contributed by atoms with van der Waals surface area (Å²) in [5.74, 6) is 2.26. The van der Waals surface area contributed by atoms with Crippen molar-refractivity contribution in [1.82, 2.24) is 15.3 Å². The second kappa shape index (κ2) is 7.85. The molecule has 4 heteroatoms. The maximum absolute atomic E-state index is 5.58. The Labute approximate surface area is 128 Å². The summed E-state index contributed by atoms with van der Waals surface area (Å²) in [5.41, 5.74) is 2.55. The first kappa shape index (κ1) is 16.4. The lowest BCUT2D eigenvalue weighted by atomic mass is 9.87. The number of hydrogen-bond donors (Lipinski definition) is 1. The van der Waals surface area contributed by atoms with Crippen molar-refractivity contribution in [3.8, 4) is 0 Å². The van der Waals surface area contributed by atoms with Gasteiger partial charge < -0.3 is 10.1 Å². The second-order valence-electron chi connectivity index (χ2n) is 6.46. The zero-order valence-corrected chi connectivity index (χ0v) is 13.9. The summed E-state index contributed by atoms with van der Waals surface area (Å²) in [6.07, 6.45) is 5.39. The van der Waals surface area contributed by atoms with Crippen molar-refractivity contribution in [2.24, 2.45) is 11.8 Å².